The monoisotopic (exact) mass is 301 g/mol. The number of amides is 1. The summed E-state index contributed by atoms with van der Waals surface area (Å²) in [6.45, 7) is 6.98. The number of carbonyl (C=O) groups excluding carboxylic acids is 1. The van der Waals surface area contributed by atoms with Crippen molar-refractivity contribution in [2.45, 2.75) is 25.6 Å². The Balaban J connectivity index is 1.81. The zero-order chi connectivity index (χ0) is 13.7. The summed E-state index contributed by atoms with van der Waals surface area (Å²) in [5.74, 6) is 0.604. The van der Waals surface area contributed by atoms with E-state index in [2.05, 4.69) is 16.8 Å². The van der Waals surface area contributed by atoms with Crippen LogP contribution in [0.25, 0.3) is 0 Å². The van der Waals surface area contributed by atoms with Gasteiger partial charge < -0.3 is 4.90 Å². The molecule has 0 N–H and O–H groups in total. The first-order valence-corrected chi connectivity index (χ1v) is 8.13. The van der Waals surface area contributed by atoms with Crippen molar-refractivity contribution in [1.29, 1.82) is 0 Å². The maximum Gasteiger partial charge on any atom is 0.229 e. The third kappa shape index (κ3) is 4.16. The molecule has 2 rings (SSSR count). The Hall–Kier alpha value is -0.650. The van der Waals surface area contributed by atoms with Gasteiger partial charge in [0.05, 0.1) is 18.0 Å². The zero-order valence-corrected chi connectivity index (χ0v) is 12.8. The summed E-state index contributed by atoms with van der Waals surface area (Å²) in [7, 11) is 0. The molecule has 1 aliphatic heterocycles. The van der Waals surface area contributed by atoms with Crippen LogP contribution in [0.15, 0.2) is 5.38 Å². The predicted octanol–water partition coefficient (Wildman–Crippen LogP) is 1.98. The number of piperazine rings is 1. The Morgan fingerprint density at radius 1 is 1.42 bits per heavy atom. The highest BCUT2D eigenvalue weighted by Gasteiger charge is 2.21. The van der Waals surface area contributed by atoms with Gasteiger partial charge in [0.25, 0.3) is 0 Å². The van der Waals surface area contributed by atoms with Gasteiger partial charge in [0.15, 0.2) is 0 Å². The summed E-state index contributed by atoms with van der Waals surface area (Å²) in [5.41, 5.74) is 0.863. The largest absolute Gasteiger partial charge is 0.340 e. The molecule has 106 valence electrons. The number of alkyl halides is 1. The molecule has 2 heterocycles. The molecule has 1 saturated heterocycles. The van der Waals surface area contributed by atoms with Gasteiger partial charge in [0.1, 0.15) is 5.01 Å². The Morgan fingerprint density at radius 3 is 2.74 bits per heavy atom. The molecule has 0 atom stereocenters. The van der Waals surface area contributed by atoms with Crippen molar-refractivity contribution >= 4 is 28.8 Å². The summed E-state index contributed by atoms with van der Waals surface area (Å²) in [5, 5.41) is 2.80. The molecular formula is C13H20ClN3OS. The molecule has 0 saturated carbocycles. The summed E-state index contributed by atoms with van der Waals surface area (Å²) in [6.07, 6.45) is 1.59. The van der Waals surface area contributed by atoms with Gasteiger partial charge in [-0.2, -0.15) is 0 Å². The highest BCUT2D eigenvalue weighted by atomic mass is 35.5. The highest BCUT2D eigenvalue weighted by Crippen LogP contribution is 2.14. The van der Waals surface area contributed by atoms with Crippen LogP contribution >= 0.6 is 22.9 Å². The summed E-state index contributed by atoms with van der Waals surface area (Å²) < 4.78 is 0. The van der Waals surface area contributed by atoms with Gasteiger partial charge in [-0.3, -0.25) is 9.69 Å². The van der Waals surface area contributed by atoms with E-state index in [0.717, 1.165) is 43.4 Å². The Bertz CT molecular complexity index is 416. The van der Waals surface area contributed by atoms with Crippen molar-refractivity contribution in [2.24, 2.45) is 0 Å². The predicted molar refractivity (Wildman–Crippen MR) is 78.7 cm³/mol. The van der Waals surface area contributed by atoms with E-state index in [1.807, 2.05) is 10.3 Å². The standard InChI is InChI=1S/C13H20ClN3OS/c1-2-3-16-4-6-17(7-5-16)13(18)8-12-15-11(9-14)10-19-12/h10H,2-9H2,1H3. The SMILES string of the molecule is CCCN1CCN(C(=O)Cc2nc(CCl)cs2)CC1. The molecule has 0 aromatic carbocycles. The number of hydrogen-bond donors (Lipinski definition) is 0. The minimum atomic E-state index is 0.187. The maximum atomic E-state index is 12.2. The fraction of sp³-hybridized carbons (Fsp3) is 0.692. The smallest absolute Gasteiger partial charge is 0.229 e. The van der Waals surface area contributed by atoms with Crippen LogP contribution in [0.3, 0.4) is 0 Å². The normalized spacial score (nSPS) is 16.8. The minimum Gasteiger partial charge on any atom is -0.340 e. The van der Waals surface area contributed by atoms with E-state index in [-0.39, 0.29) is 5.91 Å². The first-order chi connectivity index (χ1) is 9.22. The quantitative estimate of drug-likeness (QED) is 0.780. The Kier molecular flexibility index (Phi) is 5.60. The summed E-state index contributed by atoms with van der Waals surface area (Å²) >= 11 is 7.24. The van der Waals surface area contributed by atoms with E-state index in [4.69, 9.17) is 11.6 Å². The second kappa shape index (κ2) is 7.22. The van der Waals surface area contributed by atoms with Crippen LogP contribution in [0.2, 0.25) is 0 Å². The van der Waals surface area contributed by atoms with Gasteiger partial charge >= 0.3 is 0 Å². The summed E-state index contributed by atoms with van der Waals surface area (Å²) in [6, 6.07) is 0. The third-order valence-corrected chi connectivity index (χ3v) is 4.47. The molecule has 1 aromatic rings. The van der Waals surface area contributed by atoms with Gasteiger partial charge in [-0.05, 0) is 13.0 Å². The molecule has 1 aliphatic rings. The van der Waals surface area contributed by atoms with Gasteiger partial charge in [0.2, 0.25) is 5.91 Å². The molecule has 1 fully saturated rings. The number of nitrogens with zero attached hydrogens (tertiary/aromatic N) is 3. The number of carbonyl (C=O) groups is 1. The Labute approximate surface area is 123 Å². The molecule has 0 spiro atoms. The topological polar surface area (TPSA) is 36.4 Å². The van der Waals surface area contributed by atoms with E-state index in [1.54, 1.807) is 0 Å². The van der Waals surface area contributed by atoms with E-state index in [9.17, 15) is 4.79 Å². The van der Waals surface area contributed by atoms with E-state index in [1.165, 1.54) is 17.8 Å². The zero-order valence-electron chi connectivity index (χ0n) is 11.3. The second-order valence-corrected chi connectivity index (χ2v) is 5.98. The van der Waals surface area contributed by atoms with Crippen molar-refractivity contribution in [3.05, 3.63) is 16.1 Å². The van der Waals surface area contributed by atoms with Gasteiger partial charge in [-0.1, -0.05) is 6.92 Å². The molecule has 4 nitrogen and oxygen atoms in total. The molecule has 0 radical (unpaired) electrons. The number of rotatable bonds is 5. The maximum absolute atomic E-state index is 12.2. The number of hydrogen-bond acceptors (Lipinski definition) is 4. The van der Waals surface area contributed by atoms with Crippen LogP contribution in [0.4, 0.5) is 0 Å². The van der Waals surface area contributed by atoms with Crippen LogP contribution < -0.4 is 0 Å². The fourth-order valence-electron chi connectivity index (χ4n) is 2.27. The molecule has 1 amide bonds. The minimum absolute atomic E-state index is 0.187. The average Bonchev–Trinajstić information content (AvgIpc) is 2.87. The number of aromatic nitrogens is 1. The lowest BCUT2D eigenvalue weighted by Gasteiger charge is -2.34. The van der Waals surface area contributed by atoms with Gasteiger partial charge in [-0.25, -0.2) is 4.98 Å². The van der Waals surface area contributed by atoms with Crippen LogP contribution in [-0.4, -0.2) is 53.4 Å². The van der Waals surface area contributed by atoms with Crippen LogP contribution in [-0.2, 0) is 17.1 Å². The van der Waals surface area contributed by atoms with Crippen molar-refractivity contribution in [3.63, 3.8) is 0 Å². The van der Waals surface area contributed by atoms with E-state index in [0.29, 0.717) is 12.3 Å². The van der Waals surface area contributed by atoms with Crippen LogP contribution in [0.1, 0.15) is 24.0 Å². The highest BCUT2D eigenvalue weighted by molar-refractivity contribution is 7.09. The van der Waals surface area contributed by atoms with Crippen molar-refractivity contribution in [2.75, 3.05) is 32.7 Å². The molecule has 1 aromatic heterocycles. The lowest BCUT2D eigenvalue weighted by atomic mass is 10.2. The Morgan fingerprint density at radius 2 is 2.16 bits per heavy atom. The molecule has 0 unspecified atom stereocenters. The average molecular weight is 302 g/mol. The summed E-state index contributed by atoms with van der Waals surface area (Å²) in [4.78, 5) is 20.9. The van der Waals surface area contributed by atoms with Crippen molar-refractivity contribution in [3.8, 4) is 0 Å². The van der Waals surface area contributed by atoms with Crippen molar-refractivity contribution < 1.29 is 4.79 Å². The molecule has 0 bridgehead atoms. The molecule has 19 heavy (non-hydrogen) atoms. The van der Waals surface area contributed by atoms with Gasteiger partial charge in [-0.15, -0.1) is 22.9 Å². The molecular weight excluding hydrogens is 282 g/mol. The third-order valence-electron chi connectivity index (χ3n) is 3.30. The van der Waals surface area contributed by atoms with E-state index < -0.39 is 0 Å². The van der Waals surface area contributed by atoms with Crippen LogP contribution in [0, 0.1) is 0 Å². The van der Waals surface area contributed by atoms with Crippen LogP contribution in [0.5, 0.6) is 0 Å². The molecule has 0 aliphatic carbocycles. The first-order valence-electron chi connectivity index (χ1n) is 6.72. The second-order valence-electron chi connectivity index (χ2n) is 4.77. The molecule has 6 heteroatoms. The fourth-order valence-corrected chi connectivity index (χ4v) is 3.28. The number of halogens is 1. The first kappa shape index (κ1) is 14.8. The lowest BCUT2D eigenvalue weighted by molar-refractivity contribution is -0.132. The lowest BCUT2D eigenvalue weighted by Crippen LogP contribution is -2.49. The van der Waals surface area contributed by atoms with E-state index >= 15 is 0 Å². The van der Waals surface area contributed by atoms with Gasteiger partial charge in [0, 0.05) is 31.6 Å². The van der Waals surface area contributed by atoms with Crippen molar-refractivity contribution in [1.82, 2.24) is 14.8 Å². The number of thiazole rings is 1.